The van der Waals surface area contributed by atoms with Crippen LogP contribution in [0.5, 0.6) is 0 Å². The van der Waals surface area contributed by atoms with E-state index in [1.807, 2.05) is 24.3 Å². The molecule has 0 spiro atoms. The minimum Gasteiger partial charge on any atom is -0.371 e. The number of amides is 2. The van der Waals surface area contributed by atoms with Gasteiger partial charge in [0.2, 0.25) is 11.9 Å². The van der Waals surface area contributed by atoms with Crippen LogP contribution in [0.15, 0.2) is 48.8 Å². The summed E-state index contributed by atoms with van der Waals surface area (Å²) in [5, 5.41) is 8.87. The molecule has 2 unspecified atom stereocenters. The van der Waals surface area contributed by atoms with Gasteiger partial charge in [0.15, 0.2) is 5.82 Å². The molecule has 176 valence electrons. The summed E-state index contributed by atoms with van der Waals surface area (Å²) in [6.07, 6.45) is 5.88. The second-order valence-corrected chi connectivity index (χ2v) is 8.84. The topological polar surface area (TPSA) is 117 Å². The number of nitrogens with one attached hydrogen (secondary N) is 3. The van der Waals surface area contributed by atoms with Gasteiger partial charge < -0.3 is 25.6 Å². The molecular weight excluding hydrogens is 432 g/mol. The Bertz CT molecular complexity index is 1130. The van der Waals surface area contributed by atoms with Gasteiger partial charge >= 0.3 is 6.03 Å². The Morgan fingerprint density at radius 2 is 1.74 bits per heavy atom. The molecule has 0 saturated carbocycles. The summed E-state index contributed by atoms with van der Waals surface area (Å²) in [6.45, 7) is 5.68. The van der Waals surface area contributed by atoms with Crippen LogP contribution in [0.1, 0.15) is 26.7 Å². The molecule has 34 heavy (non-hydrogen) atoms. The molecular formula is C24H28N8O2. The number of urea groups is 1. The van der Waals surface area contributed by atoms with E-state index < -0.39 is 0 Å². The zero-order valence-corrected chi connectivity index (χ0v) is 19.2. The van der Waals surface area contributed by atoms with Crippen LogP contribution in [0.3, 0.4) is 0 Å². The lowest BCUT2D eigenvalue weighted by molar-refractivity contribution is 0.0299. The molecule has 3 aromatic rings. The van der Waals surface area contributed by atoms with Crippen LogP contribution in [0.25, 0.3) is 11.4 Å². The number of benzene rings is 1. The largest absolute Gasteiger partial charge is 0.371 e. The van der Waals surface area contributed by atoms with Gasteiger partial charge in [-0.05, 0) is 63.1 Å². The van der Waals surface area contributed by atoms with Crippen molar-refractivity contribution in [2.24, 2.45) is 0 Å². The second-order valence-electron chi connectivity index (χ2n) is 8.84. The molecule has 2 aliphatic heterocycles. The number of ether oxygens (including phenoxy) is 1. The van der Waals surface area contributed by atoms with E-state index >= 15 is 0 Å². The summed E-state index contributed by atoms with van der Waals surface area (Å²) in [5.41, 5.74) is 2.12. The predicted octanol–water partition coefficient (Wildman–Crippen LogP) is 3.77. The lowest BCUT2D eigenvalue weighted by Crippen LogP contribution is -2.43. The van der Waals surface area contributed by atoms with E-state index in [1.54, 1.807) is 24.5 Å². The lowest BCUT2D eigenvalue weighted by atomic mass is 10.2. The van der Waals surface area contributed by atoms with Gasteiger partial charge in [0, 0.05) is 36.6 Å². The third-order valence-corrected chi connectivity index (χ3v) is 5.69. The molecule has 2 fully saturated rings. The number of hydrogen-bond acceptors (Lipinski definition) is 8. The number of carbonyl (C=O) groups is 1. The minimum atomic E-state index is -0.339. The van der Waals surface area contributed by atoms with Crippen molar-refractivity contribution >= 4 is 29.3 Å². The molecule has 3 N–H and O–H groups in total. The zero-order valence-electron chi connectivity index (χ0n) is 19.2. The SMILES string of the molecule is CC(C)Nc1nc(-c2ccc(NC(=O)Nc3cccnc3)cc2)nc(N2CC3CCC(C2)O3)n1. The fourth-order valence-corrected chi connectivity index (χ4v) is 4.17. The van der Waals surface area contributed by atoms with Gasteiger partial charge in [-0.15, -0.1) is 0 Å². The van der Waals surface area contributed by atoms with Crippen LogP contribution in [0.4, 0.5) is 28.1 Å². The van der Waals surface area contributed by atoms with Crippen LogP contribution in [-0.2, 0) is 4.74 Å². The summed E-state index contributed by atoms with van der Waals surface area (Å²) < 4.78 is 5.97. The molecule has 2 amide bonds. The number of hydrogen-bond donors (Lipinski definition) is 3. The molecule has 0 aliphatic carbocycles. The van der Waals surface area contributed by atoms with Crippen LogP contribution in [0.2, 0.25) is 0 Å². The van der Waals surface area contributed by atoms with Gasteiger partial charge in [-0.1, -0.05) is 0 Å². The molecule has 2 saturated heterocycles. The van der Waals surface area contributed by atoms with Crippen molar-refractivity contribution in [3.63, 3.8) is 0 Å². The first-order valence-corrected chi connectivity index (χ1v) is 11.5. The number of anilines is 4. The highest BCUT2D eigenvalue weighted by Gasteiger charge is 2.35. The van der Waals surface area contributed by atoms with E-state index in [9.17, 15) is 4.79 Å². The Balaban J connectivity index is 1.34. The average molecular weight is 461 g/mol. The van der Waals surface area contributed by atoms with E-state index in [0.29, 0.717) is 29.1 Å². The smallest absolute Gasteiger partial charge is 0.323 e. The molecule has 10 nitrogen and oxygen atoms in total. The third-order valence-electron chi connectivity index (χ3n) is 5.69. The molecule has 4 heterocycles. The first-order chi connectivity index (χ1) is 16.5. The fourth-order valence-electron chi connectivity index (χ4n) is 4.17. The van der Waals surface area contributed by atoms with Crippen molar-refractivity contribution in [3.05, 3.63) is 48.8 Å². The second kappa shape index (κ2) is 9.60. The summed E-state index contributed by atoms with van der Waals surface area (Å²) in [7, 11) is 0. The highest BCUT2D eigenvalue weighted by molar-refractivity contribution is 5.99. The Morgan fingerprint density at radius 3 is 2.41 bits per heavy atom. The lowest BCUT2D eigenvalue weighted by Gasteiger charge is -2.32. The molecule has 0 radical (unpaired) electrons. The highest BCUT2D eigenvalue weighted by atomic mass is 16.5. The average Bonchev–Trinajstić information content (AvgIpc) is 3.16. The fraction of sp³-hybridized carbons (Fsp3) is 0.375. The number of aromatic nitrogens is 4. The van der Waals surface area contributed by atoms with Crippen LogP contribution < -0.4 is 20.9 Å². The van der Waals surface area contributed by atoms with Gasteiger partial charge in [0.25, 0.3) is 0 Å². The van der Waals surface area contributed by atoms with Crippen LogP contribution >= 0.6 is 0 Å². The summed E-state index contributed by atoms with van der Waals surface area (Å²) in [4.78, 5) is 32.5. The van der Waals surface area contributed by atoms with Crippen LogP contribution in [0, 0.1) is 0 Å². The molecule has 2 aromatic heterocycles. The van der Waals surface area contributed by atoms with Crippen molar-refractivity contribution in [1.82, 2.24) is 19.9 Å². The third kappa shape index (κ3) is 5.23. The summed E-state index contributed by atoms with van der Waals surface area (Å²) in [5.74, 6) is 1.79. The standard InChI is InChI=1S/C24H28N8O2/c1-15(2)26-22-29-21(30-23(31-22)32-13-19-9-10-20(14-32)34-19)16-5-7-17(8-6-16)27-24(33)28-18-4-3-11-25-12-18/h3-8,11-12,15,19-20H,9-10,13-14H2,1-2H3,(H2,27,28,33)(H,26,29,30,31). The maximum Gasteiger partial charge on any atom is 0.323 e. The van der Waals surface area contributed by atoms with Crippen molar-refractivity contribution in [3.8, 4) is 11.4 Å². The van der Waals surface area contributed by atoms with E-state index in [-0.39, 0.29) is 24.3 Å². The number of carbonyl (C=O) groups excluding carboxylic acids is 1. The normalized spacial score (nSPS) is 19.2. The first-order valence-electron chi connectivity index (χ1n) is 11.5. The number of nitrogens with zero attached hydrogens (tertiary/aromatic N) is 5. The Morgan fingerprint density at radius 1 is 1.00 bits per heavy atom. The maximum absolute atomic E-state index is 12.3. The molecule has 2 atom stereocenters. The monoisotopic (exact) mass is 460 g/mol. The van der Waals surface area contributed by atoms with Gasteiger partial charge in [-0.2, -0.15) is 15.0 Å². The van der Waals surface area contributed by atoms with E-state index in [4.69, 9.17) is 9.72 Å². The van der Waals surface area contributed by atoms with E-state index in [0.717, 1.165) is 31.5 Å². The summed E-state index contributed by atoms with van der Waals surface area (Å²) in [6, 6.07) is 10.8. The van der Waals surface area contributed by atoms with Crippen molar-refractivity contribution in [2.45, 2.75) is 44.9 Å². The maximum atomic E-state index is 12.3. The minimum absolute atomic E-state index is 0.189. The van der Waals surface area contributed by atoms with E-state index in [1.165, 1.54) is 0 Å². The number of rotatable bonds is 6. The molecule has 1 aromatic carbocycles. The Hall–Kier alpha value is -3.79. The van der Waals surface area contributed by atoms with Crippen LogP contribution in [-0.4, -0.2) is 57.3 Å². The molecule has 2 bridgehead atoms. The summed E-state index contributed by atoms with van der Waals surface area (Å²) >= 11 is 0. The van der Waals surface area contributed by atoms with E-state index in [2.05, 4.69) is 49.6 Å². The zero-order chi connectivity index (χ0) is 23.5. The highest BCUT2D eigenvalue weighted by Crippen LogP contribution is 2.29. The van der Waals surface area contributed by atoms with Gasteiger partial charge in [-0.25, -0.2) is 4.79 Å². The number of fused-ring (bicyclic) bond motifs is 2. The van der Waals surface area contributed by atoms with Gasteiger partial charge in [0.05, 0.1) is 24.1 Å². The molecule has 10 heteroatoms. The van der Waals surface area contributed by atoms with Crippen molar-refractivity contribution in [1.29, 1.82) is 0 Å². The molecule has 5 rings (SSSR count). The van der Waals surface area contributed by atoms with Crippen molar-refractivity contribution in [2.75, 3.05) is 33.9 Å². The molecule has 2 aliphatic rings. The van der Waals surface area contributed by atoms with Crippen molar-refractivity contribution < 1.29 is 9.53 Å². The quantitative estimate of drug-likeness (QED) is 0.509. The Labute approximate surface area is 198 Å². The first kappa shape index (κ1) is 22.0. The van der Waals surface area contributed by atoms with Gasteiger partial charge in [-0.3, -0.25) is 4.98 Å². The number of pyridine rings is 1. The predicted molar refractivity (Wildman–Crippen MR) is 131 cm³/mol. The number of morpholine rings is 1. The van der Waals surface area contributed by atoms with Gasteiger partial charge in [0.1, 0.15) is 0 Å². The Kier molecular flexibility index (Phi) is 6.22.